The second-order valence-corrected chi connectivity index (χ2v) is 7.71. The molecule has 138 valence electrons. The summed E-state index contributed by atoms with van der Waals surface area (Å²) in [4.78, 5) is 27.5. The van der Waals surface area contributed by atoms with E-state index in [2.05, 4.69) is 21.2 Å². The highest BCUT2D eigenvalue weighted by Gasteiger charge is 2.31. The van der Waals surface area contributed by atoms with E-state index in [9.17, 15) is 9.59 Å². The maximum absolute atomic E-state index is 13.2. The Balaban J connectivity index is 1.88. The van der Waals surface area contributed by atoms with Crippen LogP contribution in [0.4, 0.5) is 11.4 Å². The molecule has 0 spiro atoms. The average Bonchev–Trinajstić information content (AvgIpc) is 3.17. The van der Waals surface area contributed by atoms with Crippen molar-refractivity contribution in [3.05, 3.63) is 58.2 Å². The SMILES string of the molecule is Cc1ccc2c(c1)c(N1CCCC1=O)c(C(=O)Nc1ccccc1Br)n2C. The highest BCUT2D eigenvalue weighted by atomic mass is 79.9. The zero-order chi connectivity index (χ0) is 19.1. The molecule has 2 aromatic carbocycles. The summed E-state index contributed by atoms with van der Waals surface area (Å²) in [6, 6.07) is 13.6. The monoisotopic (exact) mass is 425 g/mol. The molecule has 2 amide bonds. The molecule has 0 radical (unpaired) electrons. The van der Waals surface area contributed by atoms with Gasteiger partial charge in [-0.05, 0) is 53.5 Å². The number of aromatic nitrogens is 1. The van der Waals surface area contributed by atoms with Crippen molar-refractivity contribution in [3.8, 4) is 0 Å². The predicted octanol–water partition coefficient (Wildman–Crippen LogP) is 4.63. The molecule has 5 nitrogen and oxygen atoms in total. The minimum absolute atomic E-state index is 0.0685. The van der Waals surface area contributed by atoms with Crippen molar-refractivity contribution >= 4 is 50.0 Å². The second-order valence-electron chi connectivity index (χ2n) is 6.86. The molecule has 0 unspecified atom stereocenters. The Hall–Kier alpha value is -2.60. The highest BCUT2D eigenvalue weighted by Crippen LogP contribution is 2.37. The lowest BCUT2D eigenvalue weighted by Gasteiger charge is -2.18. The van der Waals surface area contributed by atoms with Crippen LogP contribution in [0.5, 0.6) is 0 Å². The molecule has 1 aliphatic heterocycles. The molecule has 1 fully saturated rings. The fourth-order valence-corrected chi connectivity index (χ4v) is 4.08. The Morgan fingerprint density at radius 1 is 1.19 bits per heavy atom. The van der Waals surface area contributed by atoms with Crippen LogP contribution in [0.3, 0.4) is 0 Å². The van der Waals surface area contributed by atoms with E-state index >= 15 is 0 Å². The van der Waals surface area contributed by atoms with Crippen LogP contribution < -0.4 is 10.2 Å². The molecule has 0 aliphatic carbocycles. The summed E-state index contributed by atoms with van der Waals surface area (Å²) in [6.45, 7) is 2.66. The van der Waals surface area contributed by atoms with Gasteiger partial charge in [-0.25, -0.2) is 0 Å². The van der Waals surface area contributed by atoms with Crippen molar-refractivity contribution < 1.29 is 9.59 Å². The van der Waals surface area contributed by atoms with E-state index in [1.165, 1.54) is 0 Å². The molecule has 2 heterocycles. The van der Waals surface area contributed by atoms with Gasteiger partial charge in [0.1, 0.15) is 5.69 Å². The molecule has 4 rings (SSSR count). The van der Waals surface area contributed by atoms with E-state index in [-0.39, 0.29) is 11.8 Å². The van der Waals surface area contributed by atoms with Gasteiger partial charge in [0, 0.05) is 29.9 Å². The van der Waals surface area contributed by atoms with Gasteiger partial charge in [-0.15, -0.1) is 0 Å². The largest absolute Gasteiger partial charge is 0.338 e. The van der Waals surface area contributed by atoms with Crippen LogP contribution in [0, 0.1) is 6.92 Å². The number of anilines is 2. The average molecular weight is 426 g/mol. The number of hydrogen-bond donors (Lipinski definition) is 1. The third-order valence-electron chi connectivity index (χ3n) is 5.01. The van der Waals surface area contributed by atoms with Crippen molar-refractivity contribution in [2.45, 2.75) is 19.8 Å². The van der Waals surface area contributed by atoms with Crippen LogP contribution >= 0.6 is 15.9 Å². The van der Waals surface area contributed by atoms with E-state index in [0.717, 1.165) is 27.4 Å². The summed E-state index contributed by atoms with van der Waals surface area (Å²) in [5.74, 6) is -0.160. The van der Waals surface area contributed by atoms with E-state index in [0.29, 0.717) is 30.0 Å². The number of benzene rings is 2. The van der Waals surface area contributed by atoms with Gasteiger partial charge in [0.05, 0.1) is 16.9 Å². The standard InChI is InChI=1S/C21H20BrN3O2/c1-13-9-10-17-14(12-13)19(25-11-5-8-18(25)26)20(24(17)2)21(27)23-16-7-4-3-6-15(16)22/h3-4,6-7,9-10,12H,5,8,11H2,1-2H3,(H,23,27). The molecule has 1 aliphatic rings. The number of carbonyl (C=O) groups excluding carboxylic acids is 2. The number of nitrogens with one attached hydrogen (secondary N) is 1. The second kappa shape index (κ2) is 6.85. The Labute approximate surface area is 166 Å². The minimum Gasteiger partial charge on any atom is -0.338 e. The van der Waals surface area contributed by atoms with E-state index < -0.39 is 0 Å². The van der Waals surface area contributed by atoms with Gasteiger partial charge in [-0.2, -0.15) is 0 Å². The topological polar surface area (TPSA) is 54.3 Å². The Bertz CT molecular complexity index is 1070. The summed E-state index contributed by atoms with van der Waals surface area (Å²) in [5, 5.41) is 3.91. The molecule has 0 atom stereocenters. The van der Waals surface area contributed by atoms with E-state index in [1.807, 2.05) is 61.0 Å². The van der Waals surface area contributed by atoms with Crippen molar-refractivity contribution in [2.75, 3.05) is 16.8 Å². The van der Waals surface area contributed by atoms with Gasteiger partial charge in [0.25, 0.3) is 5.91 Å². The van der Waals surface area contributed by atoms with E-state index in [1.54, 1.807) is 4.90 Å². The zero-order valence-corrected chi connectivity index (χ0v) is 16.8. The quantitative estimate of drug-likeness (QED) is 0.664. The Kier molecular flexibility index (Phi) is 4.52. The molecule has 1 aromatic heterocycles. The number of fused-ring (bicyclic) bond motifs is 1. The fraction of sp³-hybridized carbons (Fsp3) is 0.238. The van der Waals surface area contributed by atoms with Gasteiger partial charge < -0.3 is 14.8 Å². The molecule has 1 saturated heterocycles. The van der Waals surface area contributed by atoms with Gasteiger partial charge in [0.2, 0.25) is 5.91 Å². The lowest BCUT2D eigenvalue weighted by atomic mass is 10.1. The van der Waals surface area contributed by atoms with E-state index in [4.69, 9.17) is 0 Å². The molecule has 3 aromatic rings. The first-order valence-corrected chi connectivity index (χ1v) is 9.72. The summed E-state index contributed by atoms with van der Waals surface area (Å²) < 4.78 is 2.69. The first-order valence-electron chi connectivity index (χ1n) is 8.92. The first-order chi connectivity index (χ1) is 13.0. The first kappa shape index (κ1) is 17.8. The normalized spacial score (nSPS) is 14.2. The molecular formula is C21H20BrN3O2. The van der Waals surface area contributed by atoms with Gasteiger partial charge >= 0.3 is 0 Å². The van der Waals surface area contributed by atoms with Crippen LogP contribution in [-0.4, -0.2) is 22.9 Å². The van der Waals surface area contributed by atoms with Crippen LogP contribution in [0.15, 0.2) is 46.9 Å². The predicted molar refractivity (Wildman–Crippen MR) is 111 cm³/mol. The van der Waals surface area contributed by atoms with Crippen molar-refractivity contribution in [1.82, 2.24) is 4.57 Å². The maximum Gasteiger partial charge on any atom is 0.274 e. The van der Waals surface area contributed by atoms with Crippen molar-refractivity contribution in [1.29, 1.82) is 0 Å². The number of rotatable bonds is 3. The number of aryl methyl sites for hydroxylation is 2. The highest BCUT2D eigenvalue weighted by molar-refractivity contribution is 9.10. The third kappa shape index (κ3) is 3.04. The number of halogens is 1. The minimum atomic E-state index is -0.229. The number of para-hydroxylation sites is 1. The summed E-state index contributed by atoms with van der Waals surface area (Å²) >= 11 is 3.47. The summed E-state index contributed by atoms with van der Waals surface area (Å²) in [6.07, 6.45) is 1.33. The number of carbonyl (C=O) groups is 2. The Morgan fingerprint density at radius 3 is 2.67 bits per heavy atom. The smallest absolute Gasteiger partial charge is 0.274 e. The summed E-state index contributed by atoms with van der Waals surface area (Å²) in [7, 11) is 1.87. The third-order valence-corrected chi connectivity index (χ3v) is 5.70. The molecule has 0 saturated carbocycles. The van der Waals surface area contributed by atoms with Crippen LogP contribution in [0.2, 0.25) is 0 Å². The zero-order valence-electron chi connectivity index (χ0n) is 15.3. The van der Waals surface area contributed by atoms with Gasteiger partial charge in [0.15, 0.2) is 0 Å². The molecular weight excluding hydrogens is 406 g/mol. The number of hydrogen-bond acceptors (Lipinski definition) is 2. The fourth-order valence-electron chi connectivity index (χ4n) is 3.70. The lowest BCUT2D eigenvalue weighted by molar-refractivity contribution is -0.117. The van der Waals surface area contributed by atoms with Crippen LogP contribution in [0.25, 0.3) is 10.9 Å². The van der Waals surface area contributed by atoms with Crippen molar-refractivity contribution in [2.24, 2.45) is 7.05 Å². The number of amides is 2. The van der Waals surface area contributed by atoms with Crippen LogP contribution in [0.1, 0.15) is 28.9 Å². The lowest BCUT2D eigenvalue weighted by Crippen LogP contribution is -2.27. The molecule has 0 bridgehead atoms. The molecule has 27 heavy (non-hydrogen) atoms. The van der Waals surface area contributed by atoms with Crippen molar-refractivity contribution in [3.63, 3.8) is 0 Å². The van der Waals surface area contributed by atoms with Gasteiger partial charge in [-0.3, -0.25) is 9.59 Å². The van der Waals surface area contributed by atoms with Crippen LogP contribution in [-0.2, 0) is 11.8 Å². The van der Waals surface area contributed by atoms with Gasteiger partial charge in [-0.1, -0.05) is 23.8 Å². The molecule has 6 heteroatoms. The summed E-state index contributed by atoms with van der Waals surface area (Å²) in [5.41, 5.74) is 3.94. The maximum atomic E-state index is 13.2. The number of nitrogens with zero attached hydrogens (tertiary/aromatic N) is 2. The Morgan fingerprint density at radius 2 is 1.96 bits per heavy atom. The molecule has 1 N–H and O–H groups in total.